The molecule has 3 aromatic rings. The second-order valence-electron chi connectivity index (χ2n) is 7.30. The number of carbonyl (C=O) groups excluding carboxylic acids is 1. The van der Waals surface area contributed by atoms with Crippen molar-refractivity contribution >= 4 is 23.0 Å². The highest BCUT2D eigenvalue weighted by atomic mass is 19.1. The highest BCUT2D eigenvalue weighted by Crippen LogP contribution is 2.28. The summed E-state index contributed by atoms with van der Waals surface area (Å²) in [7, 11) is 0. The van der Waals surface area contributed by atoms with E-state index in [1.54, 1.807) is 36.4 Å². The van der Waals surface area contributed by atoms with Crippen molar-refractivity contribution in [1.29, 1.82) is 0 Å². The molecule has 5 nitrogen and oxygen atoms in total. The van der Waals surface area contributed by atoms with E-state index in [0.717, 1.165) is 36.3 Å². The van der Waals surface area contributed by atoms with E-state index in [2.05, 4.69) is 10.2 Å². The minimum atomic E-state index is -0.294. The Kier molecular flexibility index (Phi) is 5.18. The number of halogens is 1. The molecule has 0 aromatic heterocycles. The van der Waals surface area contributed by atoms with Gasteiger partial charge in [0.05, 0.1) is 11.4 Å². The van der Waals surface area contributed by atoms with E-state index in [9.17, 15) is 9.18 Å². The Labute approximate surface area is 169 Å². The Bertz CT molecular complexity index is 1020. The molecule has 1 saturated heterocycles. The van der Waals surface area contributed by atoms with E-state index in [4.69, 9.17) is 11.5 Å². The molecule has 1 amide bonds. The number of nitrogens with one attached hydrogen (secondary N) is 1. The van der Waals surface area contributed by atoms with Gasteiger partial charge in [-0.15, -0.1) is 0 Å². The van der Waals surface area contributed by atoms with Gasteiger partial charge < -0.3 is 21.7 Å². The summed E-state index contributed by atoms with van der Waals surface area (Å²) >= 11 is 0. The number of benzene rings is 3. The molecular formula is C23H23FN4O. The van der Waals surface area contributed by atoms with Crippen molar-refractivity contribution in [2.75, 3.05) is 29.0 Å². The molecule has 4 rings (SSSR count). The van der Waals surface area contributed by atoms with Crippen LogP contribution in [-0.4, -0.2) is 25.0 Å². The molecule has 5 N–H and O–H groups in total. The fourth-order valence-electron chi connectivity index (χ4n) is 3.53. The summed E-state index contributed by atoms with van der Waals surface area (Å²) in [6.45, 7) is 1.76. The summed E-state index contributed by atoms with van der Waals surface area (Å²) in [5.74, 6) is -0.533. The average Bonchev–Trinajstić information content (AvgIpc) is 3.17. The van der Waals surface area contributed by atoms with Crippen molar-refractivity contribution in [3.8, 4) is 11.1 Å². The predicted octanol–water partition coefficient (Wildman–Crippen LogP) is 3.86. The topological polar surface area (TPSA) is 84.4 Å². The SMILES string of the molecule is Nc1ccc(-c2ccc(F)cc2)cc1NC(=O)c1ccc(N2CC[C@H](N)C2)cc1. The van der Waals surface area contributed by atoms with Crippen LogP contribution < -0.4 is 21.7 Å². The Morgan fingerprint density at radius 2 is 1.69 bits per heavy atom. The van der Waals surface area contributed by atoms with Crippen LogP contribution in [0.4, 0.5) is 21.5 Å². The van der Waals surface area contributed by atoms with Crippen LogP contribution in [0.5, 0.6) is 0 Å². The number of nitrogens with two attached hydrogens (primary N) is 2. The predicted molar refractivity (Wildman–Crippen MR) is 115 cm³/mol. The monoisotopic (exact) mass is 390 g/mol. The van der Waals surface area contributed by atoms with Gasteiger partial charge in [-0.3, -0.25) is 4.79 Å². The van der Waals surface area contributed by atoms with Crippen molar-refractivity contribution in [2.24, 2.45) is 5.73 Å². The maximum absolute atomic E-state index is 13.2. The first-order chi connectivity index (χ1) is 14.0. The zero-order valence-electron chi connectivity index (χ0n) is 15.9. The Balaban J connectivity index is 1.50. The van der Waals surface area contributed by atoms with Gasteiger partial charge in [0.2, 0.25) is 0 Å². The number of carbonyl (C=O) groups is 1. The zero-order valence-corrected chi connectivity index (χ0v) is 15.9. The molecule has 3 aromatic carbocycles. The van der Waals surface area contributed by atoms with Crippen LogP contribution in [0.25, 0.3) is 11.1 Å². The molecule has 0 bridgehead atoms. The van der Waals surface area contributed by atoms with E-state index < -0.39 is 0 Å². The normalized spacial score (nSPS) is 16.1. The maximum atomic E-state index is 13.2. The molecule has 0 spiro atoms. The largest absolute Gasteiger partial charge is 0.397 e. The molecule has 1 aliphatic rings. The molecule has 1 fully saturated rings. The van der Waals surface area contributed by atoms with Gasteiger partial charge in [-0.1, -0.05) is 18.2 Å². The summed E-state index contributed by atoms with van der Waals surface area (Å²) in [6, 6.07) is 19.2. The Morgan fingerprint density at radius 1 is 1.00 bits per heavy atom. The van der Waals surface area contributed by atoms with Gasteiger partial charge in [0.1, 0.15) is 5.82 Å². The van der Waals surface area contributed by atoms with E-state index >= 15 is 0 Å². The molecule has 1 atom stereocenters. The lowest BCUT2D eigenvalue weighted by Crippen LogP contribution is -2.26. The Hall–Kier alpha value is -3.38. The van der Waals surface area contributed by atoms with E-state index in [1.165, 1.54) is 12.1 Å². The van der Waals surface area contributed by atoms with Crippen LogP contribution in [-0.2, 0) is 0 Å². The molecule has 6 heteroatoms. The lowest BCUT2D eigenvalue weighted by atomic mass is 10.0. The summed E-state index contributed by atoms with van der Waals surface area (Å²) in [5, 5.41) is 2.87. The number of amides is 1. The van der Waals surface area contributed by atoms with Crippen molar-refractivity contribution in [1.82, 2.24) is 0 Å². The molecule has 0 aliphatic carbocycles. The van der Waals surface area contributed by atoms with Gasteiger partial charge in [0.15, 0.2) is 0 Å². The number of rotatable bonds is 4. The van der Waals surface area contributed by atoms with E-state index in [1.807, 2.05) is 18.2 Å². The number of hydrogen-bond donors (Lipinski definition) is 3. The Morgan fingerprint density at radius 3 is 2.34 bits per heavy atom. The third-order valence-corrected chi connectivity index (χ3v) is 5.20. The summed E-state index contributed by atoms with van der Waals surface area (Å²) in [4.78, 5) is 14.9. The summed E-state index contributed by atoms with van der Waals surface area (Å²) in [5.41, 5.74) is 16.3. The van der Waals surface area contributed by atoms with Gasteiger partial charge in [-0.05, 0) is 66.1 Å². The molecular weight excluding hydrogens is 367 g/mol. The maximum Gasteiger partial charge on any atom is 0.255 e. The van der Waals surface area contributed by atoms with Gasteiger partial charge in [-0.25, -0.2) is 4.39 Å². The van der Waals surface area contributed by atoms with Crippen LogP contribution in [0.3, 0.4) is 0 Å². The lowest BCUT2D eigenvalue weighted by Gasteiger charge is -2.18. The van der Waals surface area contributed by atoms with Crippen molar-refractivity contribution in [2.45, 2.75) is 12.5 Å². The van der Waals surface area contributed by atoms with Gasteiger partial charge in [0.25, 0.3) is 5.91 Å². The van der Waals surface area contributed by atoms with E-state index in [-0.39, 0.29) is 17.8 Å². The van der Waals surface area contributed by atoms with E-state index in [0.29, 0.717) is 16.9 Å². The number of anilines is 3. The minimum absolute atomic E-state index is 0.203. The minimum Gasteiger partial charge on any atom is -0.397 e. The summed E-state index contributed by atoms with van der Waals surface area (Å²) in [6.07, 6.45) is 0.978. The smallest absolute Gasteiger partial charge is 0.255 e. The number of nitrogen functional groups attached to an aromatic ring is 1. The second kappa shape index (κ2) is 7.93. The van der Waals surface area contributed by atoms with Gasteiger partial charge >= 0.3 is 0 Å². The number of nitrogens with zero attached hydrogens (tertiary/aromatic N) is 1. The lowest BCUT2D eigenvalue weighted by molar-refractivity contribution is 0.102. The molecule has 1 aliphatic heterocycles. The number of hydrogen-bond acceptors (Lipinski definition) is 4. The fraction of sp³-hybridized carbons (Fsp3) is 0.174. The fourth-order valence-corrected chi connectivity index (χ4v) is 3.53. The molecule has 0 saturated carbocycles. The van der Waals surface area contributed by atoms with Crippen molar-refractivity contribution in [3.63, 3.8) is 0 Å². The first-order valence-corrected chi connectivity index (χ1v) is 9.57. The zero-order chi connectivity index (χ0) is 20.4. The van der Waals surface area contributed by atoms with Gasteiger partial charge in [0, 0.05) is 30.4 Å². The molecule has 0 unspecified atom stereocenters. The average molecular weight is 390 g/mol. The standard InChI is InChI=1S/C23H23FN4O/c24-18-6-1-15(2-7-18)17-5-10-21(26)22(13-17)27-23(29)16-3-8-20(9-4-16)28-12-11-19(25)14-28/h1-10,13,19H,11-12,14,25-26H2,(H,27,29)/t19-/m0/s1. The molecule has 148 valence electrons. The first-order valence-electron chi connectivity index (χ1n) is 9.57. The highest BCUT2D eigenvalue weighted by Gasteiger charge is 2.19. The second-order valence-corrected chi connectivity index (χ2v) is 7.30. The van der Waals surface area contributed by atoms with Crippen molar-refractivity contribution in [3.05, 3.63) is 78.1 Å². The summed E-state index contributed by atoms with van der Waals surface area (Å²) < 4.78 is 13.2. The van der Waals surface area contributed by atoms with Crippen LogP contribution in [0.1, 0.15) is 16.8 Å². The molecule has 0 radical (unpaired) electrons. The molecule has 1 heterocycles. The van der Waals surface area contributed by atoms with Crippen molar-refractivity contribution < 1.29 is 9.18 Å². The highest BCUT2D eigenvalue weighted by molar-refractivity contribution is 6.06. The van der Waals surface area contributed by atoms with Crippen LogP contribution >= 0.6 is 0 Å². The third kappa shape index (κ3) is 4.22. The van der Waals surface area contributed by atoms with Crippen LogP contribution in [0, 0.1) is 5.82 Å². The van der Waals surface area contributed by atoms with Gasteiger partial charge in [-0.2, -0.15) is 0 Å². The quantitative estimate of drug-likeness (QED) is 0.591. The first kappa shape index (κ1) is 19.0. The van der Waals surface area contributed by atoms with Crippen LogP contribution in [0.15, 0.2) is 66.7 Å². The molecule has 29 heavy (non-hydrogen) atoms. The third-order valence-electron chi connectivity index (χ3n) is 5.20. The van der Waals surface area contributed by atoms with Crippen LogP contribution in [0.2, 0.25) is 0 Å².